The Balaban J connectivity index is 1.36. The van der Waals surface area contributed by atoms with E-state index >= 15 is 0 Å². The lowest BCUT2D eigenvalue weighted by atomic mass is 9.55. The second-order valence-electron chi connectivity index (χ2n) is 10.8. The summed E-state index contributed by atoms with van der Waals surface area (Å²) < 4.78 is 22.5. The predicted octanol–water partition coefficient (Wildman–Crippen LogP) is 5.48. The van der Waals surface area contributed by atoms with Gasteiger partial charge in [0.05, 0.1) is 5.69 Å². The lowest BCUT2D eigenvalue weighted by Gasteiger charge is -2.51. The summed E-state index contributed by atoms with van der Waals surface area (Å²) in [5.41, 5.74) is 1.50. The van der Waals surface area contributed by atoms with Gasteiger partial charge in [-0.25, -0.2) is 4.39 Å². The van der Waals surface area contributed by atoms with Crippen LogP contribution in [0.3, 0.4) is 0 Å². The number of phenols is 1. The van der Waals surface area contributed by atoms with E-state index < -0.39 is 5.82 Å². The molecule has 3 aromatic rings. The van der Waals surface area contributed by atoms with Gasteiger partial charge in [-0.15, -0.1) is 10.2 Å². The van der Waals surface area contributed by atoms with Gasteiger partial charge in [-0.2, -0.15) is 0 Å². The zero-order valence-corrected chi connectivity index (χ0v) is 19.8. The molecule has 0 amide bonds. The van der Waals surface area contributed by atoms with Gasteiger partial charge in [0.1, 0.15) is 17.7 Å². The fraction of sp³-hybridized carbons (Fsp3) is 0.444. The largest absolute Gasteiger partial charge is 0.507 e. The van der Waals surface area contributed by atoms with Gasteiger partial charge in [-0.3, -0.25) is 4.79 Å². The van der Waals surface area contributed by atoms with Crippen LogP contribution >= 0.6 is 0 Å². The van der Waals surface area contributed by atoms with Crippen LogP contribution in [-0.4, -0.2) is 26.0 Å². The van der Waals surface area contributed by atoms with E-state index in [0.29, 0.717) is 28.0 Å². The zero-order chi connectivity index (χ0) is 24.1. The Morgan fingerprint density at radius 2 is 1.79 bits per heavy atom. The maximum absolute atomic E-state index is 14.9. The standard InChI is InChI=1S/C27H30FN3O3/c1-26-8-4-9-27(2,16-26)15-18(14-26)34-24-6-5-22(29-30-24)20-12-21(28)19(13-23(20)32)17-7-10-31(3)25(33)11-17/h5-7,10-13,18,32H,4,8-9,14-16H2,1-3H3/t18-,26-,27+. The lowest BCUT2D eigenvalue weighted by molar-refractivity contribution is -0.0421. The van der Waals surface area contributed by atoms with E-state index in [9.17, 15) is 14.3 Å². The minimum Gasteiger partial charge on any atom is -0.507 e. The monoisotopic (exact) mass is 463 g/mol. The van der Waals surface area contributed by atoms with Crippen molar-refractivity contribution in [2.75, 3.05) is 0 Å². The number of pyridine rings is 1. The minimum absolute atomic E-state index is 0.105. The maximum Gasteiger partial charge on any atom is 0.250 e. The average molecular weight is 464 g/mol. The Labute approximate surface area is 198 Å². The third-order valence-corrected chi connectivity index (χ3v) is 7.56. The van der Waals surface area contributed by atoms with E-state index in [1.54, 1.807) is 31.4 Å². The van der Waals surface area contributed by atoms with Gasteiger partial charge in [0.25, 0.3) is 5.56 Å². The van der Waals surface area contributed by atoms with Crippen molar-refractivity contribution >= 4 is 0 Å². The van der Waals surface area contributed by atoms with Gasteiger partial charge >= 0.3 is 0 Å². The van der Waals surface area contributed by atoms with Crippen molar-refractivity contribution < 1.29 is 14.2 Å². The fourth-order valence-electron chi connectivity index (χ4n) is 6.15. The number of phenolic OH excluding ortho intramolecular Hbond substituents is 1. The Morgan fingerprint density at radius 3 is 2.44 bits per heavy atom. The highest BCUT2D eigenvalue weighted by Crippen LogP contribution is 2.55. The predicted molar refractivity (Wildman–Crippen MR) is 128 cm³/mol. The van der Waals surface area contributed by atoms with Crippen LogP contribution in [0.4, 0.5) is 4.39 Å². The van der Waals surface area contributed by atoms with Gasteiger partial charge in [-0.05, 0) is 72.8 Å². The number of nitrogens with zero attached hydrogens (tertiary/aromatic N) is 3. The minimum atomic E-state index is -0.557. The summed E-state index contributed by atoms with van der Waals surface area (Å²) in [4.78, 5) is 11.9. The third-order valence-electron chi connectivity index (χ3n) is 7.56. The van der Waals surface area contributed by atoms with E-state index in [1.165, 1.54) is 48.4 Å². The second-order valence-corrected chi connectivity index (χ2v) is 10.8. The van der Waals surface area contributed by atoms with E-state index in [0.717, 1.165) is 12.8 Å². The number of halogens is 1. The Hall–Kier alpha value is -3.22. The van der Waals surface area contributed by atoms with Crippen LogP contribution < -0.4 is 10.3 Å². The molecule has 2 aromatic heterocycles. The van der Waals surface area contributed by atoms with Crippen molar-refractivity contribution in [1.29, 1.82) is 0 Å². The molecule has 3 atom stereocenters. The maximum atomic E-state index is 14.9. The molecule has 178 valence electrons. The molecule has 6 nitrogen and oxygen atoms in total. The Bertz CT molecular complexity index is 1270. The molecule has 2 bridgehead atoms. The van der Waals surface area contributed by atoms with Gasteiger partial charge in [0.15, 0.2) is 0 Å². The summed E-state index contributed by atoms with van der Waals surface area (Å²) in [6.07, 6.45) is 8.72. The molecular formula is C27H30FN3O3. The van der Waals surface area contributed by atoms with Crippen LogP contribution in [0.1, 0.15) is 52.4 Å². The number of rotatable bonds is 4. The van der Waals surface area contributed by atoms with Crippen molar-refractivity contribution in [3.8, 4) is 34.0 Å². The first-order chi connectivity index (χ1) is 16.1. The molecule has 2 aliphatic carbocycles. The molecule has 0 aliphatic heterocycles. The normalized spacial score (nSPS) is 26.3. The summed E-state index contributed by atoms with van der Waals surface area (Å²) in [6.45, 7) is 4.73. The molecule has 2 saturated carbocycles. The van der Waals surface area contributed by atoms with Crippen LogP contribution in [0.2, 0.25) is 0 Å². The summed E-state index contributed by atoms with van der Waals surface area (Å²) >= 11 is 0. The second kappa shape index (κ2) is 8.22. The van der Waals surface area contributed by atoms with Crippen molar-refractivity contribution in [3.63, 3.8) is 0 Å². The smallest absolute Gasteiger partial charge is 0.250 e. The molecule has 2 fully saturated rings. The van der Waals surface area contributed by atoms with Gasteiger partial charge in [0, 0.05) is 36.5 Å². The molecule has 1 N–H and O–H groups in total. The highest BCUT2D eigenvalue weighted by molar-refractivity contribution is 5.74. The van der Waals surface area contributed by atoms with E-state index in [4.69, 9.17) is 4.74 Å². The first-order valence-electron chi connectivity index (χ1n) is 11.8. The molecule has 0 radical (unpaired) electrons. The topological polar surface area (TPSA) is 77.2 Å². The number of hydrogen-bond donors (Lipinski definition) is 1. The Kier molecular flexibility index (Phi) is 5.46. The first-order valence-corrected chi connectivity index (χ1v) is 11.8. The summed E-state index contributed by atoms with van der Waals surface area (Å²) in [6, 6.07) is 8.91. The number of fused-ring (bicyclic) bond motifs is 2. The van der Waals surface area contributed by atoms with Crippen molar-refractivity contribution in [2.45, 2.75) is 58.5 Å². The first kappa shape index (κ1) is 22.6. The number of aromatic nitrogens is 3. The number of benzene rings is 1. The third kappa shape index (κ3) is 4.31. The van der Waals surface area contributed by atoms with Crippen molar-refractivity contribution in [3.05, 3.63) is 58.8 Å². The highest BCUT2D eigenvalue weighted by atomic mass is 19.1. The molecule has 2 aliphatic rings. The van der Waals surface area contributed by atoms with Crippen LogP contribution in [0.25, 0.3) is 22.4 Å². The molecular weight excluding hydrogens is 433 g/mol. The molecule has 7 heteroatoms. The van der Waals surface area contributed by atoms with E-state index in [1.807, 2.05) is 0 Å². The molecule has 0 unspecified atom stereocenters. The average Bonchev–Trinajstić information content (AvgIpc) is 2.76. The van der Waals surface area contributed by atoms with Crippen LogP contribution in [-0.2, 0) is 7.05 Å². The zero-order valence-electron chi connectivity index (χ0n) is 19.8. The van der Waals surface area contributed by atoms with Crippen LogP contribution in [0.15, 0.2) is 47.4 Å². The molecule has 1 aromatic carbocycles. The van der Waals surface area contributed by atoms with Gasteiger partial charge in [0.2, 0.25) is 5.88 Å². The van der Waals surface area contributed by atoms with E-state index in [2.05, 4.69) is 24.0 Å². The summed E-state index contributed by atoms with van der Waals surface area (Å²) in [5.74, 6) is -0.253. The Morgan fingerprint density at radius 1 is 1.06 bits per heavy atom. The summed E-state index contributed by atoms with van der Waals surface area (Å²) in [7, 11) is 1.62. The highest BCUT2D eigenvalue weighted by Gasteiger charge is 2.47. The number of aryl methyl sites for hydroxylation is 1. The van der Waals surface area contributed by atoms with Gasteiger partial charge in [-0.1, -0.05) is 20.3 Å². The van der Waals surface area contributed by atoms with Crippen LogP contribution in [0, 0.1) is 16.6 Å². The van der Waals surface area contributed by atoms with Crippen LogP contribution in [0.5, 0.6) is 11.6 Å². The SMILES string of the molecule is Cn1ccc(-c2cc(O)c(-c3ccc(O[C@H]4C[C@]5(C)CCC[C@](C)(C4)C5)nn3)cc2F)cc1=O. The molecule has 34 heavy (non-hydrogen) atoms. The summed E-state index contributed by atoms with van der Waals surface area (Å²) in [5, 5.41) is 19.0. The molecule has 5 rings (SSSR count). The lowest BCUT2D eigenvalue weighted by Crippen LogP contribution is -2.45. The molecule has 2 heterocycles. The molecule has 0 spiro atoms. The molecule has 0 saturated heterocycles. The number of aromatic hydroxyl groups is 1. The van der Waals surface area contributed by atoms with E-state index in [-0.39, 0.29) is 28.5 Å². The number of ether oxygens (including phenoxy) is 1. The van der Waals surface area contributed by atoms with Crippen molar-refractivity contribution in [1.82, 2.24) is 14.8 Å². The number of hydrogen-bond acceptors (Lipinski definition) is 5. The van der Waals surface area contributed by atoms with Crippen molar-refractivity contribution in [2.24, 2.45) is 17.9 Å². The van der Waals surface area contributed by atoms with Gasteiger partial charge < -0.3 is 14.4 Å². The fourth-order valence-corrected chi connectivity index (χ4v) is 6.15. The quantitative estimate of drug-likeness (QED) is 0.554.